The topological polar surface area (TPSA) is 108 Å². The van der Waals surface area contributed by atoms with Gasteiger partial charge in [-0.3, -0.25) is 9.59 Å². The summed E-state index contributed by atoms with van der Waals surface area (Å²) in [5, 5.41) is 17.0. The van der Waals surface area contributed by atoms with E-state index in [1.54, 1.807) is 31.2 Å². The summed E-state index contributed by atoms with van der Waals surface area (Å²) in [5.74, 6) is -1.22. The maximum absolute atomic E-state index is 12.4. The summed E-state index contributed by atoms with van der Waals surface area (Å²) >= 11 is 1.39. The Morgan fingerprint density at radius 3 is 2.50 bits per heavy atom. The third kappa shape index (κ3) is 3.09. The second-order valence-electron chi connectivity index (χ2n) is 5.67. The van der Waals surface area contributed by atoms with Gasteiger partial charge in [0, 0.05) is 5.75 Å². The number of piperazine rings is 1. The van der Waals surface area contributed by atoms with Gasteiger partial charge in [0.15, 0.2) is 0 Å². The van der Waals surface area contributed by atoms with Gasteiger partial charge in [0.05, 0.1) is 0 Å². The minimum atomic E-state index is -1.07. The van der Waals surface area contributed by atoms with Gasteiger partial charge in [-0.1, -0.05) is 30.3 Å². The van der Waals surface area contributed by atoms with Crippen LogP contribution in [0.25, 0.3) is 0 Å². The largest absolute Gasteiger partial charge is 0.477 e. The van der Waals surface area contributed by atoms with Crippen molar-refractivity contribution >= 4 is 29.5 Å². The molecule has 2 amide bonds. The van der Waals surface area contributed by atoms with Crippen molar-refractivity contribution in [2.24, 2.45) is 0 Å². The first-order chi connectivity index (χ1) is 11.5. The Balaban J connectivity index is 1.75. The van der Waals surface area contributed by atoms with Gasteiger partial charge in [0.1, 0.15) is 23.2 Å². The summed E-state index contributed by atoms with van der Waals surface area (Å²) in [6, 6.07) is 7.41. The van der Waals surface area contributed by atoms with E-state index in [-0.39, 0.29) is 17.5 Å². The predicted molar refractivity (Wildman–Crippen MR) is 89.0 cm³/mol. The van der Waals surface area contributed by atoms with Crippen molar-refractivity contribution in [3.8, 4) is 0 Å². The summed E-state index contributed by atoms with van der Waals surface area (Å²) in [7, 11) is 0. The maximum Gasteiger partial charge on any atom is 0.351 e. The van der Waals surface area contributed by atoms with E-state index in [1.807, 2.05) is 6.07 Å². The highest BCUT2D eigenvalue weighted by Crippen LogP contribution is 2.26. The van der Waals surface area contributed by atoms with Crippen LogP contribution in [-0.2, 0) is 14.4 Å². The molecular formula is C16H17N3O4S. The molecular weight excluding hydrogens is 330 g/mol. The molecule has 0 bridgehead atoms. The number of carboxylic acids is 1. The highest BCUT2D eigenvalue weighted by Gasteiger charge is 2.41. The molecule has 1 fully saturated rings. The number of carbonyl (C=O) groups is 3. The summed E-state index contributed by atoms with van der Waals surface area (Å²) in [5.41, 5.74) is 1.49. The second-order valence-corrected chi connectivity index (χ2v) is 6.80. The van der Waals surface area contributed by atoms with Gasteiger partial charge in [-0.25, -0.2) is 4.79 Å². The van der Waals surface area contributed by atoms with Crippen LogP contribution in [0.15, 0.2) is 41.6 Å². The van der Waals surface area contributed by atoms with E-state index < -0.39 is 23.4 Å². The van der Waals surface area contributed by atoms with E-state index in [4.69, 9.17) is 0 Å². The number of carbonyl (C=O) groups excluding carboxylic acids is 2. The standard InChI is InChI=1S/C16H17N3O4S/c1-8-7-24-15(19-10(8)16(22)23)12-14(21)17-11(13(20)18-12)9-5-3-2-4-6-9/h2-6,11-12,15,19H,7H2,1H3,(H,17,21)(H,18,20)(H,22,23)/t11-,12-,15-/m1/s1. The number of carboxylic acid groups (broad SMARTS) is 1. The molecule has 0 aliphatic carbocycles. The summed E-state index contributed by atoms with van der Waals surface area (Å²) in [4.78, 5) is 36.1. The van der Waals surface area contributed by atoms with Gasteiger partial charge in [-0.2, -0.15) is 0 Å². The van der Waals surface area contributed by atoms with Gasteiger partial charge in [0.2, 0.25) is 11.8 Å². The van der Waals surface area contributed by atoms with Crippen molar-refractivity contribution in [2.45, 2.75) is 24.4 Å². The average Bonchev–Trinajstić information content (AvgIpc) is 2.57. The number of thioether (sulfide) groups is 1. The minimum Gasteiger partial charge on any atom is -0.477 e. The zero-order valence-corrected chi connectivity index (χ0v) is 13.7. The molecule has 0 unspecified atom stereocenters. The maximum atomic E-state index is 12.4. The lowest BCUT2D eigenvalue weighted by Crippen LogP contribution is -2.64. The first-order valence-corrected chi connectivity index (χ1v) is 8.49. The van der Waals surface area contributed by atoms with E-state index in [9.17, 15) is 19.5 Å². The van der Waals surface area contributed by atoms with Crippen LogP contribution < -0.4 is 16.0 Å². The minimum absolute atomic E-state index is 0.0889. The molecule has 3 rings (SSSR count). The molecule has 1 aromatic rings. The molecule has 4 N–H and O–H groups in total. The highest BCUT2D eigenvalue weighted by atomic mass is 32.2. The molecule has 0 spiro atoms. The molecule has 1 aromatic carbocycles. The van der Waals surface area contributed by atoms with Crippen LogP contribution in [0.2, 0.25) is 0 Å². The summed E-state index contributed by atoms with van der Waals surface area (Å²) in [6.07, 6.45) is 0. The van der Waals surface area contributed by atoms with Crippen molar-refractivity contribution in [1.29, 1.82) is 0 Å². The number of rotatable bonds is 3. The van der Waals surface area contributed by atoms with E-state index in [2.05, 4.69) is 16.0 Å². The van der Waals surface area contributed by atoms with E-state index in [1.165, 1.54) is 11.8 Å². The molecule has 8 heteroatoms. The van der Waals surface area contributed by atoms with Gasteiger partial charge in [-0.15, -0.1) is 11.8 Å². The SMILES string of the molecule is CC1=C(C(=O)O)N[C@@H]([C@@H]2NC(=O)[C@@H](c3ccccc3)NC2=O)SC1. The van der Waals surface area contributed by atoms with Gasteiger partial charge in [0.25, 0.3) is 0 Å². The lowest BCUT2D eigenvalue weighted by atomic mass is 10.0. The molecule has 24 heavy (non-hydrogen) atoms. The lowest BCUT2D eigenvalue weighted by Gasteiger charge is -2.36. The van der Waals surface area contributed by atoms with Crippen LogP contribution in [-0.4, -0.2) is 40.1 Å². The monoisotopic (exact) mass is 347 g/mol. The Hall–Kier alpha value is -2.48. The number of nitrogens with one attached hydrogen (secondary N) is 3. The van der Waals surface area contributed by atoms with E-state index >= 15 is 0 Å². The lowest BCUT2D eigenvalue weighted by molar-refractivity contribution is -0.137. The molecule has 7 nitrogen and oxygen atoms in total. The van der Waals surface area contributed by atoms with Crippen molar-refractivity contribution in [3.63, 3.8) is 0 Å². The fraction of sp³-hybridized carbons (Fsp3) is 0.312. The number of aliphatic carboxylic acids is 1. The smallest absolute Gasteiger partial charge is 0.351 e. The van der Waals surface area contributed by atoms with Crippen molar-refractivity contribution < 1.29 is 19.5 Å². The predicted octanol–water partition coefficient (Wildman–Crippen LogP) is 0.363. The van der Waals surface area contributed by atoms with Crippen LogP contribution >= 0.6 is 11.8 Å². The molecule has 2 aliphatic heterocycles. The quantitative estimate of drug-likeness (QED) is 0.629. The van der Waals surface area contributed by atoms with Gasteiger partial charge >= 0.3 is 5.97 Å². The molecule has 0 aromatic heterocycles. The van der Waals surface area contributed by atoms with Crippen LogP contribution in [0.3, 0.4) is 0 Å². The number of amides is 2. The molecule has 0 radical (unpaired) electrons. The second kappa shape index (κ2) is 6.56. The summed E-state index contributed by atoms with van der Waals surface area (Å²) in [6.45, 7) is 1.73. The zero-order valence-electron chi connectivity index (χ0n) is 12.9. The number of benzene rings is 1. The summed E-state index contributed by atoms with van der Waals surface area (Å²) < 4.78 is 0. The van der Waals surface area contributed by atoms with Gasteiger partial charge < -0.3 is 21.1 Å². The number of hydrogen-bond donors (Lipinski definition) is 4. The van der Waals surface area contributed by atoms with Crippen LogP contribution in [0.4, 0.5) is 0 Å². The van der Waals surface area contributed by atoms with Crippen LogP contribution in [0.1, 0.15) is 18.5 Å². The molecule has 0 saturated carbocycles. The fourth-order valence-electron chi connectivity index (χ4n) is 2.71. The van der Waals surface area contributed by atoms with Crippen molar-refractivity contribution in [1.82, 2.24) is 16.0 Å². The van der Waals surface area contributed by atoms with Gasteiger partial charge in [-0.05, 0) is 18.1 Å². The Morgan fingerprint density at radius 2 is 1.83 bits per heavy atom. The first-order valence-electron chi connectivity index (χ1n) is 7.44. The Labute approximate surface area is 142 Å². The Kier molecular flexibility index (Phi) is 4.48. The molecule has 1 saturated heterocycles. The van der Waals surface area contributed by atoms with Crippen molar-refractivity contribution in [3.05, 3.63) is 47.2 Å². The Morgan fingerprint density at radius 1 is 1.12 bits per heavy atom. The van der Waals surface area contributed by atoms with E-state index in [0.717, 1.165) is 0 Å². The molecule has 3 atom stereocenters. The average molecular weight is 347 g/mol. The van der Waals surface area contributed by atoms with Crippen LogP contribution in [0, 0.1) is 0 Å². The zero-order chi connectivity index (χ0) is 17.3. The normalized spacial score (nSPS) is 27.1. The van der Waals surface area contributed by atoms with Crippen LogP contribution in [0.5, 0.6) is 0 Å². The molecule has 2 aliphatic rings. The van der Waals surface area contributed by atoms with E-state index in [0.29, 0.717) is 16.9 Å². The molecule has 2 heterocycles. The van der Waals surface area contributed by atoms with Crippen molar-refractivity contribution in [2.75, 3.05) is 5.75 Å². The Bertz CT molecular complexity index is 719. The third-order valence-corrected chi connectivity index (χ3v) is 5.32. The first kappa shape index (κ1) is 16.4. The molecule has 126 valence electrons. The fourth-order valence-corrected chi connectivity index (χ4v) is 3.87. The highest BCUT2D eigenvalue weighted by molar-refractivity contribution is 8.00. The number of hydrogen-bond acceptors (Lipinski definition) is 5. The third-order valence-electron chi connectivity index (χ3n) is 3.97.